The van der Waals surface area contributed by atoms with Crippen molar-refractivity contribution in [2.24, 2.45) is 5.92 Å². The highest BCUT2D eigenvalue weighted by molar-refractivity contribution is 6.23. The molecule has 0 unspecified atom stereocenters. The summed E-state index contributed by atoms with van der Waals surface area (Å²) in [6.45, 7) is 4.16. The number of anilines is 1. The minimum absolute atomic E-state index is 0.0833. The lowest BCUT2D eigenvalue weighted by atomic mass is 9.77. The Hall–Kier alpha value is -1.84. The standard InChI is InChI=1S/C16H20N2O2/c1-11-6-8-16(9-7-11)14(19)18(15(20)17-16)13-5-3-4-12(2)10-13/h3-5,10-11H,6-9H2,1-2H3,(H,17,20). The van der Waals surface area contributed by atoms with Crippen LogP contribution in [-0.2, 0) is 4.79 Å². The van der Waals surface area contributed by atoms with Crippen molar-refractivity contribution in [3.8, 4) is 0 Å². The molecule has 1 saturated heterocycles. The number of aryl methyl sites for hydroxylation is 1. The normalized spacial score (nSPS) is 29.9. The van der Waals surface area contributed by atoms with Crippen molar-refractivity contribution < 1.29 is 9.59 Å². The molecule has 3 rings (SSSR count). The summed E-state index contributed by atoms with van der Waals surface area (Å²) in [5, 5.41) is 2.95. The van der Waals surface area contributed by atoms with Gasteiger partial charge in [-0.15, -0.1) is 0 Å². The van der Waals surface area contributed by atoms with Crippen LogP contribution in [0.25, 0.3) is 0 Å². The molecule has 1 heterocycles. The predicted molar refractivity (Wildman–Crippen MR) is 77.6 cm³/mol. The summed E-state index contributed by atoms with van der Waals surface area (Å²) in [5.41, 5.74) is 1.05. The molecule has 1 saturated carbocycles. The summed E-state index contributed by atoms with van der Waals surface area (Å²) in [5.74, 6) is 0.554. The molecular formula is C16H20N2O2. The molecule has 2 fully saturated rings. The van der Waals surface area contributed by atoms with E-state index in [9.17, 15) is 9.59 Å². The van der Waals surface area contributed by atoms with Crippen LogP contribution in [0, 0.1) is 12.8 Å². The molecule has 0 bridgehead atoms. The highest BCUT2D eigenvalue weighted by atomic mass is 16.2. The van der Waals surface area contributed by atoms with Crippen molar-refractivity contribution in [2.75, 3.05) is 4.90 Å². The van der Waals surface area contributed by atoms with Gasteiger partial charge in [-0.05, 0) is 56.2 Å². The molecule has 3 amide bonds. The van der Waals surface area contributed by atoms with Gasteiger partial charge < -0.3 is 5.32 Å². The minimum Gasteiger partial charge on any atom is -0.323 e. The monoisotopic (exact) mass is 272 g/mol. The van der Waals surface area contributed by atoms with Crippen molar-refractivity contribution in [3.05, 3.63) is 29.8 Å². The first-order chi connectivity index (χ1) is 9.52. The predicted octanol–water partition coefficient (Wildman–Crippen LogP) is 3.00. The van der Waals surface area contributed by atoms with E-state index in [0.717, 1.165) is 31.2 Å². The van der Waals surface area contributed by atoms with Gasteiger partial charge in [0.15, 0.2) is 0 Å². The van der Waals surface area contributed by atoms with E-state index < -0.39 is 5.54 Å². The van der Waals surface area contributed by atoms with Crippen molar-refractivity contribution in [1.82, 2.24) is 5.32 Å². The number of hydrogen-bond donors (Lipinski definition) is 1. The van der Waals surface area contributed by atoms with Crippen molar-refractivity contribution in [3.63, 3.8) is 0 Å². The molecule has 0 atom stereocenters. The number of urea groups is 1. The maximum atomic E-state index is 12.8. The van der Waals surface area contributed by atoms with Gasteiger partial charge >= 0.3 is 6.03 Å². The van der Waals surface area contributed by atoms with E-state index in [4.69, 9.17) is 0 Å². The molecule has 1 aromatic rings. The van der Waals surface area contributed by atoms with E-state index in [-0.39, 0.29) is 11.9 Å². The zero-order valence-corrected chi connectivity index (χ0v) is 12.0. The van der Waals surface area contributed by atoms with Gasteiger partial charge in [-0.2, -0.15) is 0 Å². The Morgan fingerprint density at radius 3 is 2.60 bits per heavy atom. The molecule has 106 valence electrons. The van der Waals surface area contributed by atoms with Gasteiger partial charge in [0, 0.05) is 0 Å². The van der Waals surface area contributed by atoms with Gasteiger partial charge in [-0.25, -0.2) is 9.69 Å². The Balaban J connectivity index is 1.91. The first-order valence-electron chi connectivity index (χ1n) is 7.25. The quantitative estimate of drug-likeness (QED) is 0.799. The molecule has 4 nitrogen and oxygen atoms in total. The fourth-order valence-electron chi connectivity index (χ4n) is 3.22. The van der Waals surface area contributed by atoms with Crippen LogP contribution in [0.2, 0.25) is 0 Å². The molecule has 4 heteroatoms. The number of benzene rings is 1. The summed E-state index contributed by atoms with van der Waals surface area (Å²) in [6, 6.07) is 7.24. The van der Waals surface area contributed by atoms with Gasteiger partial charge in [-0.1, -0.05) is 19.1 Å². The topological polar surface area (TPSA) is 49.4 Å². The molecule has 20 heavy (non-hydrogen) atoms. The van der Waals surface area contributed by atoms with Crippen LogP contribution >= 0.6 is 0 Å². The second-order valence-electron chi connectivity index (χ2n) is 6.17. The van der Waals surface area contributed by atoms with E-state index in [1.165, 1.54) is 4.90 Å². The summed E-state index contributed by atoms with van der Waals surface area (Å²) < 4.78 is 0. The maximum absolute atomic E-state index is 12.8. The third-order valence-electron chi connectivity index (χ3n) is 4.55. The summed E-state index contributed by atoms with van der Waals surface area (Å²) in [4.78, 5) is 26.3. The zero-order chi connectivity index (χ0) is 14.3. The third kappa shape index (κ3) is 1.99. The first-order valence-corrected chi connectivity index (χ1v) is 7.25. The number of imide groups is 1. The van der Waals surface area contributed by atoms with Gasteiger partial charge in [-0.3, -0.25) is 4.79 Å². The fraction of sp³-hybridized carbons (Fsp3) is 0.500. The lowest BCUT2D eigenvalue weighted by molar-refractivity contribution is -0.123. The van der Waals surface area contributed by atoms with Crippen molar-refractivity contribution >= 4 is 17.6 Å². The highest BCUT2D eigenvalue weighted by Crippen LogP contribution is 2.37. The highest BCUT2D eigenvalue weighted by Gasteiger charge is 2.52. The second-order valence-corrected chi connectivity index (χ2v) is 6.17. The number of amides is 3. The third-order valence-corrected chi connectivity index (χ3v) is 4.55. The Labute approximate surface area is 119 Å². The number of rotatable bonds is 1. The van der Waals surface area contributed by atoms with Crippen LogP contribution in [0.5, 0.6) is 0 Å². The lowest BCUT2D eigenvalue weighted by Gasteiger charge is -2.33. The van der Waals surface area contributed by atoms with Crippen LogP contribution in [0.3, 0.4) is 0 Å². The molecular weight excluding hydrogens is 252 g/mol. The summed E-state index contributed by atoms with van der Waals surface area (Å²) >= 11 is 0. The average molecular weight is 272 g/mol. The van der Waals surface area contributed by atoms with Crippen LogP contribution in [0.1, 0.15) is 38.2 Å². The SMILES string of the molecule is Cc1cccc(N2C(=O)NC3(CCC(C)CC3)C2=O)c1. The number of nitrogens with one attached hydrogen (secondary N) is 1. The Morgan fingerprint density at radius 1 is 1.25 bits per heavy atom. The molecule has 1 aromatic carbocycles. The van der Waals surface area contributed by atoms with Gasteiger partial charge in [0.2, 0.25) is 0 Å². The Morgan fingerprint density at radius 2 is 1.95 bits per heavy atom. The molecule has 1 N–H and O–H groups in total. The van der Waals surface area contributed by atoms with E-state index in [0.29, 0.717) is 11.6 Å². The van der Waals surface area contributed by atoms with E-state index in [1.54, 1.807) is 0 Å². The van der Waals surface area contributed by atoms with Gasteiger partial charge in [0.1, 0.15) is 5.54 Å². The van der Waals surface area contributed by atoms with Crippen molar-refractivity contribution in [1.29, 1.82) is 0 Å². The Bertz CT molecular complexity index is 559. The van der Waals surface area contributed by atoms with E-state index >= 15 is 0 Å². The number of carbonyl (C=O) groups is 2. The largest absolute Gasteiger partial charge is 0.329 e. The molecule has 1 spiro atoms. The smallest absolute Gasteiger partial charge is 0.323 e. The van der Waals surface area contributed by atoms with Crippen LogP contribution in [0.15, 0.2) is 24.3 Å². The molecule has 1 aliphatic heterocycles. The lowest BCUT2D eigenvalue weighted by Crippen LogP contribution is -2.49. The van der Waals surface area contributed by atoms with Crippen LogP contribution in [-0.4, -0.2) is 17.5 Å². The van der Waals surface area contributed by atoms with Gasteiger partial charge in [0.05, 0.1) is 5.69 Å². The van der Waals surface area contributed by atoms with Gasteiger partial charge in [0.25, 0.3) is 5.91 Å². The summed E-state index contributed by atoms with van der Waals surface area (Å²) in [7, 11) is 0. The van der Waals surface area contributed by atoms with Crippen molar-refractivity contribution in [2.45, 2.75) is 45.1 Å². The van der Waals surface area contributed by atoms with E-state index in [1.807, 2.05) is 31.2 Å². The molecule has 0 radical (unpaired) electrons. The van der Waals surface area contributed by atoms with Crippen LogP contribution in [0.4, 0.5) is 10.5 Å². The molecule has 2 aliphatic rings. The van der Waals surface area contributed by atoms with Crippen LogP contribution < -0.4 is 10.2 Å². The fourth-order valence-corrected chi connectivity index (χ4v) is 3.22. The zero-order valence-electron chi connectivity index (χ0n) is 12.0. The first kappa shape index (κ1) is 13.2. The second kappa shape index (κ2) is 4.62. The van der Waals surface area contributed by atoms with E-state index in [2.05, 4.69) is 12.2 Å². The Kier molecular flexibility index (Phi) is 3.04. The minimum atomic E-state index is -0.659. The molecule has 0 aromatic heterocycles. The average Bonchev–Trinajstić information content (AvgIpc) is 2.65. The number of nitrogens with zero attached hydrogens (tertiary/aromatic N) is 1. The summed E-state index contributed by atoms with van der Waals surface area (Å²) in [6.07, 6.45) is 3.49. The maximum Gasteiger partial charge on any atom is 0.329 e. The number of hydrogen-bond acceptors (Lipinski definition) is 2. The number of carbonyl (C=O) groups excluding carboxylic acids is 2. The molecule has 1 aliphatic carbocycles.